The van der Waals surface area contributed by atoms with Crippen molar-refractivity contribution in [1.82, 2.24) is 9.88 Å². The number of rotatable bonds is 5. The van der Waals surface area contributed by atoms with Crippen LogP contribution in [0, 0.1) is 11.8 Å². The Bertz CT molecular complexity index is 859. The molecule has 1 aromatic carbocycles. The van der Waals surface area contributed by atoms with Crippen LogP contribution in [0.5, 0.6) is 17.2 Å². The first-order valence-electron chi connectivity index (χ1n) is 10.1. The van der Waals surface area contributed by atoms with E-state index in [2.05, 4.69) is 9.88 Å². The smallest absolute Gasteiger partial charge is 0.231 e. The van der Waals surface area contributed by atoms with Gasteiger partial charge >= 0.3 is 0 Å². The standard InChI is InChI=1S/C22H26N2O4/c1-2-26-18-10-20-19(27-14-28-20)9-16(18)12-24-11-15-6-7-22(25,17(15)13-24)21-5-3-4-8-23-21/h3-5,8-10,15,17,25H,2,6-7,11-14H2,1H3/t15-,17+,22-/m0/s1. The van der Waals surface area contributed by atoms with Gasteiger partial charge in [-0.3, -0.25) is 9.88 Å². The maximum absolute atomic E-state index is 11.4. The van der Waals surface area contributed by atoms with Crippen molar-refractivity contribution in [2.45, 2.75) is 31.9 Å². The molecule has 1 saturated carbocycles. The number of aliphatic hydroxyl groups is 1. The number of hydrogen-bond acceptors (Lipinski definition) is 6. The Hall–Kier alpha value is -2.31. The molecule has 0 spiro atoms. The van der Waals surface area contributed by atoms with E-state index in [-0.39, 0.29) is 12.7 Å². The highest BCUT2D eigenvalue weighted by molar-refractivity contribution is 5.52. The van der Waals surface area contributed by atoms with Crippen molar-refractivity contribution < 1.29 is 19.3 Å². The van der Waals surface area contributed by atoms with Crippen LogP contribution in [0.3, 0.4) is 0 Å². The van der Waals surface area contributed by atoms with Crippen LogP contribution in [0.4, 0.5) is 0 Å². The summed E-state index contributed by atoms with van der Waals surface area (Å²) in [5.41, 5.74) is 1.09. The molecule has 3 heterocycles. The lowest BCUT2D eigenvalue weighted by molar-refractivity contribution is -0.0108. The lowest BCUT2D eigenvalue weighted by atomic mass is 9.85. The lowest BCUT2D eigenvalue weighted by Gasteiger charge is -2.29. The molecule has 1 N–H and O–H groups in total. The normalized spacial score (nSPS) is 28.5. The fourth-order valence-corrected chi connectivity index (χ4v) is 5.07. The molecule has 6 nitrogen and oxygen atoms in total. The number of likely N-dealkylation sites (tertiary alicyclic amines) is 1. The maximum atomic E-state index is 11.4. The second-order valence-corrected chi connectivity index (χ2v) is 7.98. The lowest BCUT2D eigenvalue weighted by Crippen LogP contribution is -2.35. The molecule has 5 rings (SSSR count). The van der Waals surface area contributed by atoms with Crippen molar-refractivity contribution in [3.05, 3.63) is 47.8 Å². The minimum absolute atomic E-state index is 0.215. The van der Waals surface area contributed by atoms with Crippen molar-refractivity contribution >= 4 is 0 Å². The van der Waals surface area contributed by atoms with Gasteiger partial charge in [-0.1, -0.05) is 6.07 Å². The number of benzene rings is 1. The Kier molecular flexibility index (Phi) is 4.40. The van der Waals surface area contributed by atoms with E-state index in [1.807, 2.05) is 37.3 Å². The summed E-state index contributed by atoms with van der Waals surface area (Å²) < 4.78 is 16.9. The van der Waals surface area contributed by atoms with Crippen LogP contribution in [0.25, 0.3) is 0 Å². The van der Waals surface area contributed by atoms with Crippen LogP contribution < -0.4 is 14.2 Å². The average molecular weight is 382 g/mol. The van der Waals surface area contributed by atoms with Crippen LogP contribution >= 0.6 is 0 Å². The molecule has 2 fully saturated rings. The van der Waals surface area contributed by atoms with E-state index >= 15 is 0 Å². The first-order valence-corrected chi connectivity index (χ1v) is 10.1. The molecule has 0 amide bonds. The minimum Gasteiger partial charge on any atom is -0.493 e. The Morgan fingerprint density at radius 1 is 1.25 bits per heavy atom. The third-order valence-electron chi connectivity index (χ3n) is 6.38. The van der Waals surface area contributed by atoms with E-state index in [9.17, 15) is 5.11 Å². The number of hydrogen-bond donors (Lipinski definition) is 1. The number of pyridine rings is 1. The first-order chi connectivity index (χ1) is 13.7. The Morgan fingerprint density at radius 2 is 2.11 bits per heavy atom. The van der Waals surface area contributed by atoms with Gasteiger partial charge in [-0.25, -0.2) is 0 Å². The van der Waals surface area contributed by atoms with Crippen LogP contribution in [-0.2, 0) is 12.1 Å². The largest absolute Gasteiger partial charge is 0.493 e. The van der Waals surface area contributed by atoms with Gasteiger partial charge in [0.25, 0.3) is 0 Å². The molecular formula is C22H26N2O4. The molecule has 3 atom stereocenters. The number of ether oxygens (including phenoxy) is 3. The van der Waals surface area contributed by atoms with Crippen LogP contribution in [0.2, 0.25) is 0 Å². The van der Waals surface area contributed by atoms with E-state index in [0.717, 1.165) is 61.0 Å². The average Bonchev–Trinajstić information content (AvgIpc) is 3.40. The summed E-state index contributed by atoms with van der Waals surface area (Å²) in [7, 11) is 0. The molecular weight excluding hydrogens is 356 g/mol. The van der Waals surface area contributed by atoms with Gasteiger partial charge in [0.2, 0.25) is 6.79 Å². The second-order valence-electron chi connectivity index (χ2n) is 7.98. The highest BCUT2D eigenvalue weighted by Crippen LogP contribution is 2.50. The SMILES string of the molecule is CCOc1cc2c(cc1CN1C[C@@H]3CC[C@@](O)(c4ccccn4)[C@@H]3C1)OCO2. The molecule has 2 aromatic rings. The van der Waals surface area contributed by atoms with Crippen LogP contribution in [0.1, 0.15) is 31.0 Å². The molecule has 0 unspecified atom stereocenters. The summed E-state index contributed by atoms with van der Waals surface area (Å²) >= 11 is 0. The molecule has 6 heteroatoms. The van der Waals surface area contributed by atoms with Gasteiger partial charge in [-0.15, -0.1) is 0 Å². The summed E-state index contributed by atoms with van der Waals surface area (Å²) in [5, 5.41) is 11.4. The van der Waals surface area contributed by atoms with Crippen molar-refractivity contribution in [1.29, 1.82) is 0 Å². The van der Waals surface area contributed by atoms with E-state index in [0.29, 0.717) is 12.5 Å². The van der Waals surface area contributed by atoms with Crippen LogP contribution in [-0.4, -0.2) is 41.5 Å². The van der Waals surface area contributed by atoms with Gasteiger partial charge in [0, 0.05) is 43.4 Å². The zero-order valence-corrected chi connectivity index (χ0v) is 16.1. The summed E-state index contributed by atoms with van der Waals surface area (Å²) in [5.74, 6) is 3.09. The monoisotopic (exact) mass is 382 g/mol. The molecule has 1 saturated heterocycles. The predicted molar refractivity (Wildman–Crippen MR) is 103 cm³/mol. The molecule has 2 aliphatic heterocycles. The fraction of sp³-hybridized carbons (Fsp3) is 0.500. The molecule has 1 aromatic heterocycles. The highest BCUT2D eigenvalue weighted by atomic mass is 16.7. The van der Waals surface area contributed by atoms with Gasteiger partial charge in [0.05, 0.1) is 12.3 Å². The first kappa shape index (κ1) is 17.8. The zero-order chi connectivity index (χ0) is 19.1. The quantitative estimate of drug-likeness (QED) is 0.858. The molecule has 1 aliphatic carbocycles. The predicted octanol–water partition coefficient (Wildman–Crippen LogP) is 2.94. The number of aromatic nitrogens is 1. The van der Waals surface area contributed by atoms with Crippen molar-refractivity contribution in [2.24, 2.45) is 11.8 Å². The summed E-state index contributed by atoms with van der Waals surface area (Å²) in [4.78, 5) is 6.88. The molecule has 3 aliphatic rings. The molecule has 148 valence electrons. The van der Waals surface area contributed by atoms with E-state index < -0.39 is 5.60 Å². The third kappa shape index (κ3) is 2.91. The van der Waals surface area contributed by atoms with Crippen molar-refractivity contribution in [3.8, 4) is 17.2 Å². The topological polar surface area (TPSA) is 64.1 Å². The Labute approximate surface area is 165 Å². The molecule has 28 heavy (non-hydrogen) atoms. The summed E-state index contributed by atoms with van der Waals surface area (Å²) in [6, 6.07) is 9.78. The summed E-state index contributed by atoms with van der Waals surface area (Å²) in [6.45, 7) is 5.48. The van der Waals surface area contributed by atoms with Gasteiger partial charge in [-0.2, -0.15) is 0 Å². The van der Waals surface area contributed by atoms with E-state index in [1.54, 1.807) is 6.20 Å². The fourth-order valence-electron chi connectivity index (χ4n) is 5.07. The Balaban J connectivity index is 1.36. The molecule has 0 radical (unpaired) electrons. The Morgan fingerprint density at radius 3 is 2.89 bits per heavy atom. The van der Waals surface area contributed by atoms with Gasteiger partial charge < -0.3 is 19.3 Å². The molecule has 0 bridgehead atoms. The number of nitrogens with zero attached hydrogens (tertiary/aromatic N) is 2. The zero-order valence-electron chi connectivity index (χ0n) is 16.1. The van der Waals surface area contributed by atoms with Gasteiger partial charge in [0.1, 0.15) is 11.4 Å². The van der Waals surface area contributed by atoms with Gasteiger partial charge in [-0.05, 0) is 43.9 Å². The van der Waals surface area contributed by atoms with E-state index in [4.69, 9.17) is 14.2 Å². The van der Waals surface area contributed by atoms with Gasteiger partial charge in [0.15, 0.2) is 11.5 Å². The second kappa shape index (κ2) is 6.94. The van der Waals surface area contributed by atoms with Crippen molar-refractivity contribution in [2.75, 3.05) is 26.5 Å². The van der Waals surface area contributed by atoms with E-state index in [1.165, 1.54) is 0 Å². The maximum Gasteiger partial charge on any atom is 0.231 e. The summed E-state index contributed by atoms with van der Waals surface area (Å²) in [6.07, 6.45) is 3.60. The third-order valence-corrected chi connectivity index (χ3v) is 6.38. The van der Waals surface area contributed by atoms with Crippen molar-refractivity contribution in [3.63, 3.8) is 0 Å². The highest BCUT2D eigenvalue weighted by Gasteiger charge is 2.53. The minimum atomic E-state index is -0.821. The number of fused-ring (bicyclic) bond motifs is 2. The van der Waals surface area contributed by atoms with Crippen LogP contribution in [0.15, 0.2) is 36.5 Å².